The predicted molar refractivity (Wildman–Crippen MR) is 180 cm³/mol. The summed E-state index contributed by atoms with van der Waals surface area (Å²) in [6.07, 6.45) is -2.64. The quantitative estimate of drug-likeness (QED) is 0.184. The van der Waals surface area contributed by atoms with Gasteiger partial charge in [-0.3, -0.25) is 14.3 Å². The number of nitrogens with one attached hydrogen (secondary N) is 1. The van der Waals surface area contributed by atoms with Gasteiger partial charge in [-0.25, -0.2) is 4.79 Å². The van der Waals surface area contributed by atoms with Crippen molar-refractivity contribution in [2.24, 2.45) is 0 Å². The summed E-state index contributed by atoms with van der Waals surface area (Å²) in [5, 5.41) is 21.6. The van der Waals surface area contributed by atoms with Gasteiger partial charge >= 0.3 is 5.69 Å². The second kappa shape index (κ2) is 14.8. The number of aromatic amines is 1. The van der Waals surface area contributed by atoms with Crippen LogP contribution in [0, 0.1) is 0 Å². The van der Waals surface area contributed by atoms with Gasteiger partial charge in [0, 0.05) is 12.3 Å². The molecule has 1 aliphatic heterocycles. The van der Waals surface area contributed by atoms with Crippen LogP contribution in [0.5, 0.6) is 11.5 Å². The molecular formula is C38H38N2O8. The standard InChI is InChI=1S/C38H38N2O8/c1-45-30-15-7-26(8-16-30)21-24-3-11-28(12-4-24)36(29-13-5-25(6-14-29)22-27-9-17-31(46-2)18-10-27)47-23-32-34(42)35(43)37(48-32)40-20-19-33(41)39-38(40)44/h3-20,32,34-37,42-43H,21-23H2,1-2H3,(H,39,41,44)/t32-,34?,35?,37-/m0/s1. The van der Waals surface area contributed by atoms with Crippen LogP contribution in [-0.4, -0.2) is 58.9 Å². The van der Waals surface area contributed by atoms with Crippen molar-refractivity contribution in [3.05, 3.63) is 164 Å². The minimum Gasteiger partial charge on any atom is -0.497 e. The van der Waals surface area contributed by atoms with Crippen LogP contribution >= 0.6 is 0 Å². The number of aromatic nitrogens is 2. The Morgan fingerprint density at radius 3 is 1.58 bits per heavy atom. The van der Waals surface area contributed by atoms with Gasteiger partial charge in [-0.2, -0.15) is 0 Å². The molecule has 4 aromatic carbocycles. The molecule has 1 saturated heterocycles. The molecule has 0 radical (unpaired) electrons. The molecule has 2 unspecified atom stereocenters. The van der Waals surface area contributed by atoms with Gasteiger partial charge in [0.25, 0.3) is 5.56 Å². The molecule has 4 atom stereocenters. The van der Waals surface area contributed by atoms with E-state index in [4.69, 9.17) is 18.9 Å². The van der Waals surface area contributed by atoms with E-state index >= 15 is 0 Å². The highest BCUT2D eigenvalue weighted by Crippen LogP contribution is 2.32. The van der Waals surface area contributed by atoms with Gasteiger partial charge in [-0.1, -0.05) is 72.8 Å². The molecule has 0 bridgehead atoms. The highest BCUT2D eigenvalue weighted by Gasteiger charge is 2.44. The second-order valence-corrected chi connectivity index (χ2v) is 11.8. The van der Waals surface area contributed by atoms with Crippen LogP contribution in [0.3, 0.4) is 0 Å². The summed E-state index contributed by atoms with van der Waals surface area (Å²) in [6.45, 7) is -0.0707. The van der Waals surface area contributed by atoms with E-state index in [1.165, 1.54) is 6.20 Å². The van der Waals surface area contributed by atoms with Crippen molar-refractivity contribution in [3.8, 4) is 11.5 Å². The van der Waals surface area contributed by atoms with Crippen molar-refractivity contribution in [3.63, 3.8) is 0 Å². The molecule has 6 rings (SSSR count). The third-order valence-corrected chi connectivity index (χ3v) is 8.59. The number of benzene rings is 4. The van der Waals surface area contributed by atoms with Gasteiger partial charge in [-0.05, 0) is 70.5 Å². The van der Waals surface area contributed by atoms with Crippen LogP contribution < -0.4 is 20.7 Å². The Hall–Kier alpha value is -5.00. The minimum absolute atomic E-state index is 0.0707. The van der Waals surface area contributed by atoms with Crippen LogP contribution in [0.25, 0.3) is 0 Å². The lowest BCUT2D eigenvalue weighted by Gasteiger charge is -2.23. The third kappa shape index (κ3) is 7.58. The first kappa shape index (κ1) is 32.9. The molecule has 1 aliphatic rings. The molecule has 2 heterocycles. The zero-order valence-corrected chi connectivity index (χ0v) is 26.7. The molecule has 0 aliphatic carbocycles. The van der Waals surface area contributed by atoms with E-state index in [0.29, 0.717) is 0 Å². The van der Waals surface area contributed by atoms with Crippen LogP contribution in [0.4, 0.5) is 0 Å². The lowest BCUT2D eigenvalue weighted by atomic mass is 9.96. The molecule has 0 saturated carbocycles. The summed E-state index contributed by atoms with van der Waals surface area (Å²) in [7, 11) is 3.29. The zero-order valence-electron chi connectivity index (χ0n) is 26.7. The smallest absolute Gasteiger partial charge is 0.330 e. The fourth-order valence-electron chi connectivity index (χ4n) is 5.88. The first-order chi connectivity index (χ1) is 23.3. The van der Waals surface area contributed by atoms with E-state index in [2.05, 4.69) is 29.2 Å². The van der Waals surface area contributed by atoms with E-state index < -0.39 is 41.9 Å². The lowest BCUT2D eigenvalue weighted by molar-refractivity contribution is -0.0781. The topological polar surface area (TPSA) is 132 Å². The summed E-state index contributed by atoms with van der Waals surface area (Å²) in [5.41, 5.74) is 5.06. The maximum absolute atomic E-state index is 12.4. The Morgan fingerprint density at radius 1 is 0.688 bits per heavy atom. The zero-order chi connectivity index (χ0) is 33.6. The molecule has 1 aromatic heterocycles. The summed E-state index contributed by atoms with van der Waals surface area (Å²) < 4.78 is 24.0. The van der Waals surface area contributed by atoms with Gasteiger partial charge < -0.3 is 29.2 Å². The monoisotopic (exact) mass is 650 g/mol. The molecule has 0 spiro atoms. The van der Waals surface area contributed by atoms with Crippen molar-refractivity contribution in [1.29, 1.82) is 0 Å². The lowest BCUT2D eigenvalue weighted by Crippen LogP contribution is -2.37. The van der Waals surface area contributed by atoms with Crippen LogP contribution in [0.15, 0.2) is 119 Å². The van der Waals surface area contributed by atoms with E-state index in [-0.39, 0.29) is 6.61 Å². The van der Waals surface area contributed by atoms with Gasteiger partial charge in [0.15, 0.2) is 6.23 Å². The maximum atomic E-state index is 12.4. The van der Waals surface area contributed by atoms with Gasteiger partial charge in [0.05, 0.1) is 20.8 Å². The van der Waals surface area contributed by atoms with Crippen LogP contribution in [0.2, 0.25) is 0 Å². The number of aliphatic hydroxyl groups is 2. The minimum atomic E-state index is -1.41. The number of aliphatic hydroxyl groups excluding tert-OH is 2. The Kier molecular flexibility index (Phi) is 10.2. The first-order valence-corrected chi connectivity index (χ1v) is 15.7. The van der Waals surface area contributed by atoms with E-state index in [1.54, 1.807) is 14.2 Å². The normalized spacial score (nSPS) is 19.0. The molecule has 5 aromatic rings. The molecule has 248 valence electrons. The predicted octanol–water partition coefficient (Wildman–Crippen LogP) is 4.16. The molecular weight excluding hydrogens is 612 g/mol. The number of methoxy groups -OCH3 is 2. The molecule has 0 amide bonds. The van der Waals surface area contributed by atoms with Crippen LogP contribution in [-0.2, 0) is 22.3 Å². The number of H-pyrrole nitrogens is 1. The second-order valence-electron chi connectivity index (χ2n) is 11.8. The number of hydrogen-bond donors (Lipinski definition) is 3. The molecule has 48 heavy (non-hydrogen) atoms. The number of nitrogens with zero attached hydrogens (tertiary/aromatic N) is 1. The Balaban J connectivity index is 1.21. The molecule has 10 nitrogen and oxygen atoms in total. The fraction of sp³-hybridized carbons (Fsp3) is 0.263. The van der Waals surface area contributed by atoms with Crippen molar-refractivity contribution >= 4 is 0 Å². The Morgan fingerprint density at radius 2 is 1.15 bits per heavy atom. The Bertz CT molecular complexity index is 1810. The molecule has 3 N–H and O–H groups in total. The maximum Gasteiger partial charge on any atom is 0.330 e. The highest BCUT2D eigenvalue weighted by atomic mass is 16.6. The molecule has 1 fully saturated rings. The average Bonchev–Trinajstić information content (AvgIpc) is 3.39. The summed E-state index contributed by atoms with van der Waals surface area (Å²) >= 11 is 0. The highest BCUT2D eigenvalue weighted by molar-refractivity contribution is 5.38. The van der Waals surface area contributed by atoms with Crippen molar-refractivity contribution in [1.82, 2.24) is 9.55 Å². The summed E-state index contributed by atoms with van der Waals surface area (Å²) in [6, 6.07) is 33.5. The number of rotatable bonds is 12. The fourth-order valence-corrected chi connectivity index (χ4v) is 5.88. The largest absolute Gasteiger partial charge is 0.497 e. The average molecular weight is 651 g/mol. The van der Waals surface area contributed by atoms with Crippen molar-refractivity contribution in [2.75, 3.05) is 20.8 Å². The van der Waals surface area contributed by atoms with Gasteiger partial charge in [0.1, 0.15) is 35.9 Å². The molecule has 10 heteroatoms. The number of hydrogen-bond acceptors (Lipinski definition) is 8. The van der Waals surface area contributed by atoms with E-state index in [1.807, 2.05) is 72.8 Å². The summed E-state index contributed by atoms with van der Waals surface area (Å²) in [5.74, 6) is 1.62. The summed E-state index contributed by atoms with van der Waals surface area (Å²) in [4.78, 5) is 26.0. The van der Waals surface area contributed by atoms with Gasteiger partial charge in [0.2, 0.25) is 0 Å². The van der Waals surface area contributed by atoms with Crippen LogP contribution in [0.1, 0.15) is 45.7 Å². The third-order valence-electron chi connectivity index (χ3n) is 8.59. The van der Waals surface area contributed by atoms with E-state index in [9.17, 15) is 19.8 Å². The van der Waals surface area contributed by atoms with E-state index in [0.717, 1.165) is 68.4 Å². The first-order valence-electron chi connectivity index (χ1n) is 15.7. The van der Waals surface area contributed by atoms with Crippen molar-refractivity contribution in [2.45, 2.75) is 43.5 Å². The Labute approximate surface area is 277 Å². The van der Waals surface area contributed by atoms with Gasteiger partial charge in [-0.15, -0.1) is 0 Å². The SMILES string of the molecule is COc1ccc(Cc2ccc(C(OC[C@@H]3O[C@H](n4ccc(=O)[nH]c4=O)C(O)C3O)c3ccc(Cc4ccc(OC)cc4)cc3)cc2)cc1. The number of ether oxygens (including phenoxy) is 4. The van der Waals surface area contributed by atoms with Crippen molar-refractivity contribution < 1.29 is 29.2 Å².